The number of likely N-dealkylation sites (tertiary alicyclic amines) is 1. The molecule has 1 fully saturated rings. The van der Waals surface area contributed by atoms with Crippen molar-refractivity contribution < 1.29 is 13.2 Å². The molecule has 0 unspecified atom stereocenters. The number of benzene rings is 1. The second kappa shape index (κ2) is 9.47. The Morgan fingerprint density at radius 2 is 1.97 bits per heavy atom. The summed E-state index contributed by atoms with van der Waals surface area (Å²) in [6.45, 7) is 6.30. The van der Waals surface area contributed by atoms with Crippen LogP contribution in [0.1, 0.15) is 31.0 Å². The van der Waals surface area contributed by atoms with E-state index in [4.69, 9.17) is 0 Å². The topological polar surface area (TPSA) is 91.4 Å². The lowest BCUT2D eigenvalue weighted by atomic mass is 9.97. The summed E-state index contributed by atoms with van der Waals surface area (Å²) in [4.78, 5) is 18.1. The van der Waals surface area contributed by atoms with Gasteiger partial charge in [0.25, 0.3) is 0 Å². The van der Waals surface area contributed by atoms with Crippen LogP contribution in [0.15, 0.2) is 47.5 Å². The standard InChI is InChI=1S/C21H28N4O3S/c1-16-13-19(24-17(2)26)6-7-21(16)29(27,28)23-14-18-8-11-25(12-9-18)15-20-5-3-4-10-22-20/h3-7,10,13,18,23H,8-9,11-12,14-15H2,1-2H3,(H,24,26). The van der Waals surface area contributed by atoms with Crippen molar-refractivity contribution in [1.29, 1.82) is 0 Å². The van der Waals surface area contributed by atoms with Gasteiger partial charge in [0.1, 0.15) is 0 Å². The monoisotopic (exact) mass is 416 g/mol. The first-order chi connectivity index (χ1) is 13.8. The molecule has 0 bridgehead atoms. The van der Waals surface area contributed by atoms with Crippen molar-refractivity contribution in [2.75, 3.05) is 25.0 Å². The van der Waals surface area contributed by atoms with Gasteiger partial charge < -0.3 is 5.32 Å². The molecule has 1 aromatic carbocycles. The van der Waals surface area contributed by atoms with Crippen molar-refractivity contribution in [3.05, 3.63) is 53.9 Å². The number of aryl methyl sites for hydroxylation is 1. The first-order valence-corrected chi connectivity index (χ1v) is 11.3. The molecule has 8 heteroatoms. The van der Waals surface area contributed by atoms with Gasteiger partial charge in [-0.05, 0) is 74.7 Å². The number of carbonyl (C=O) groups is 1. The Hall–Kier alpha value is -2.29. The van der Waals surface area contributed by atoms with Crippen molar-refractivity contribution in [1.82, 2.24) is 14.6 Å². The highest BCUT2D eigenvalue weighted by molar-refractivity contribution is 7.89. The average Bonchev–Trinajstić information content (AvgIpc) is 2.68. The predicted molar refractivity (Wildman–Crippen MR) is 113 cm³/mol. The molecule has 3 rings (SSSR count). The molecular formula is C21H28N4O3S. The van der Waals surface area contributed by atoms with E-state index < -0.39 is 10.0 Å². The number of hydrogen-bond donors (Lipinski definition) is 2. The molecule has 0 atom stereocenters. The van der Waals surface area contributed by atoms with E-state index in [2.05, 4.69) is 19.9 Å². The zero-order chi connectivity index (χ0) is 20.9. The van der Waals surface area contributed by atoms with E-state index in [0.717, 1.165) is 38.2 Å². The molecule has 2 aromatic rings. The van der Waals surface area contributed by atoms with Crippen LogP contribution in [0, 0.1) is 12.8 Å². The molecule has 1 aromatic heterocycles. The zero-order valence-corrected chi connectivity index (χ0v) is 17.7. The van der Waals surface area contributed by atoms with Gasteiger partial charge in [-0.2, -0.15) is 0 Å². The summed E-state index contributed by atoms with van der Waals surface area (Å²) in [7, 11) is -3.58. The Morgan fingerprint density at radius 1 is 1.21 bits per heavy atom. The second-order valence-electron chi connectivity index (χ2n) is 7.55. The number of piperidine rings is 1. The van der Waals surface area contributed by atoms with Gasteiger partial charge in [0.2, 0.25) is 15.9 Å². The van der Waals surface area contributed by atoms with Crippen LogP contribution in [-0.4, -0.2) is 43.8 Å². The zero-order valence-electron chi connectivity index (χ0n) is 16.9. The van der Waals surface area contributed by atoms with Crippen molar-refractivity contribution in [3.8, 4) is 0 Å². The summed E-state index contributed by atoms with van der Waals surface area (Å²) in [5.41, 5.74) is 2.26. The van der Waals surface area contributed by atoms with E-state index in [0.29, 0.717) is 23.7 Å². The number of anilines is 1. The van der Waals surface area contributed by atoms with Gasteiger partial charge in [-0.1, -0.05) is 6.07 Å². The summed E-state index contributed by atoms with van der Waals surface area (Å²) in [5.74, 6) is 0.135. The van der Waals surface area contributed by atoms with Gasteiger partial charge in [0, 0.05) is 31.9 Å². The lowest BCUT2D eigenvalue weighted by Crippen LogP contribution is -2.38. The minimum atomic E-state index is -3.58. The van der Waals surface area contributed by atoms with Gasteiger partial charge >= 0.3 is 0 Å². The van der Waals surface area contributed by atoms with Gasteiger partial charge in [0.05, 0.1) is 10.6 Å². The number of nitrogens with zero attached hydrogens (tertiary/aromatic N) is 2. The highest BCUT2D eigenvalue weighted by Crippen LogP contribution is 2.22. The minimum absolute atomic E-state index is 0.187. The molecule has 0 aliphatic carbocycles. The molecule has 2 heterocycles. The number of hydrogen-bond acceptors (Lipinski definition) is 5. The summed E-state index contributed by atoms with van der Waals surface area (Å²) in [6.07, 6.45) is 3.72. The van der Waals surface area contributed by atoms with Gasteiger partial charge in [0.15, 0.2) is 0 Å². The molecule has 29 heavy (non-hydrogen) atoms. The molecule has 1 saturated heterocycles. The minimum Gasteiger partial charge on any atom is -0.326 e. The van der Waals surface area contributed by atoms with Crippen LogP contribution in [0.5, 0.6) is 0 Å². The molecule has 1 amide bonds. The van der Waals surface area contributed by atoms with Crippen molar-refractivity contribution >= 4 is 21.6 Å². The van der Waals surface area contributed by atoms with Gasteiger partial charge in [-0.3, -0.25) is 14.7 Å². The fraction of sp³-hybridized carbons (Fsp3) is 0.429. The number of sulfonamides is 1. The first-order valence-electron chi connectivity index (χ1n) is 9.83. The molecule has 0 radical (unpaired) electrons. The van der Waals surface area contributed by atoms with E-state index in [1.807, 2.05) is 24.4 Å². The maximum atomic E-state index is 12.7. The number of nitrogens with one attached hydrogen (secondary N) is 2. The van der Waals surface area contributed by atoms with E-state index in [1.54, 1.807) is 25.1 Å². The van der Waals surface area contributed by atoms with Crippen LogP contribution in [0.2, 0.25) is 0 Å². The van der Waals surface area contributed by atoms with Gasteiger partial charge in [-0.25, -0.2) is 13.1 Å². The van der Waals surface area contributed by atoms with E-state index >= 15 is 0 Å². The summed E-state index contributed by atoms with van der Waals surface area (Å²) >= 11 is 0. The highest BCUT2D eigenvalue weighted by atomic mass is 32.2. The first kappa shape index (κ1) is 21.4. The van der Waals surface area contributed by atoms with Crippen molar-refractivity contribution in [3.63, 3.8) is 0 Å². The van der Waals surface area contributed by atoms with Crippen LogP contribution >= 0.6 is 0 Å². The summed E-state index contributed by atoms with van der Waals surface area (Å²) < 4.78 is 28.2. The fourth-order valence-electron chi connectivity index (χ4n) is 3.61. The molecule has 2 N–H and O–H groups in total. The molecule has 1 aliphatic heterocycles. The van der Waals surface area contributed by atoms with Crippen molar-refractivity contribution in [2.45, 2.75) is 38.1 Å². The largest absolute Gasteiger partial charge is 0.326 e. The lowest BCUT2D eigenvalue weighted by Gasteiger charge is -2.31. The third-order valence-electron chi connectivity index (χ3n) is 5.17. The number of aromatic nitrogens is 1. The van der Waals surface area contributed by atoms with Crippen LogP contribution in [-0.2, 0) is 21.4 Å². The average molecular weight is 417 g/mol. The third kappa shape index (κ3) is 6.09. The SMILES string of the molecule is CC(=O)Nc1ccc(S(=O)(=O)NCC2CCN(Cc3ccccn3)CC2)c(C)c1. The van der Waals surface area contributed by atoms with Crippen LogP contribution in [0.4, 0.5) is 5.69 Å². The van der Waals surface area contributed by atoms with E-state index in [1.165, 1.54) is 6.92 Å². The van der Waals surface area contributed by atoms with E-state index in [-0.39, 0.29) is 10.8 Å². The van der Waals surface area contributed by atoms with Crippen LogP contribution in [0.3, 0.4) is 0 Å². The number of carbonyl (C=O) groups excluding carboxylic acids is 1. The fourth-order valence-corrected chi connectivity index (χ4v) is 4.95. The highest BCUT2D eigenvalue weighted by Gasteiger charge is 2.23. The molecule has 0 spiro atoms. The predicted octanol–water partition coefficient (Wildman–Crippen LogP) is 2.54. The Labute approximate surface area is 172 Å². The lowest BCUT2D eigenvalue weighted by molar-refractivity contribution is -0.114. The Balaban J connectivity index is 1.51. The second-order valence-corrected chi connectivity index (χ2v) is 9.29. The Kier molecular flexibility index (Phi) is 7.00. The van der Waals surface area contributed by atoms with Crippen LogP contribution in [0.25, 0.3) is 0 Å². The molecule has 0 saturated carbocycles. The van der Waals surface area contributed by atoms with Crippen LogP contribution < -0.4 is 10.0 Å². The molecular weight excluding hydrogens is 388 g/mol. The van der Waals surface area contributed by atoms with Crippen molar-refractivity contribution in [2.24, 2.45) is 5.92 Å². The van der Waals surface area contributed by atoms with E-state index in [9.17, 15) is 13.2 Å². The maximum Gasteiger partial charge on any atom is 0.240 e. The molecule has 7 nitrogen and oxygen atoms in total. The molecule has 156 valence electrons. The number of pyridine rings is 1. The Morgan fingerprint density at radius 3 is 2.59 bits per heavy atom. The summed E-state index contributed by atoms with van der Waals surface area (Å²) in [6, 6.07) is 10.8. The quantitative estimate of drug-likeness (QED) is 0.724. The third-order valence-corrected chi connectivity index (χ3v) is 6.75. The number of rotatable bonds is 7. The smallest absolute Gasteiger partial charge is 0.240 e. The van der Waals surface area contributed by atoms with Gasteiger partial charge in [-0.15, -0.1) is 0 Å². The Bertz CT molecular complexity index is 940. The number of amides is 1. The molecule has 1 aliphatic rings. The summed E-state index contributed by atoms with van der Waals surface area (Å²) in [5, 5.41) is 2.67. The normalized spacial score (nSPS) is 15.9. The maximum absolute atomic E-state index is 12.7.